The lowest BCUT2D eigenvalue weighted by Gasteiger charge is -2.00. The van der Waals surface area contributed by atoms with Crippen molar-refractivity contribution in [1.82, 2.24) is 0 Å². The van der Waals surface area contributed by atoms with E-state index in [2.05, 4.69) is 27.3 Å². The molecule has 0 spiro atoms. The SMILES string of the molecule is COC(=O)C=C(O)c1cccc(I)c1. The summed E-state index contributed by atoms with van der Waals surface area (Å²) in [5.74, 6) is -0.656. The largest absolute Gasteiger partial charge is 0.507 e. The van der Waals surface area contributed by atoms with E-state index in [-0.39, 0.29) is 5.76 Å². The molecule has 0 unspecified atom stereocenters. The number of hydrogen-bond donors (Lipinski definition) is 1. The van der Waals surface area contributed by atoms with Gasteiger partial charge in [0.2, 0.25) is 0 Å². The van der Waals surface area contributed by atoms with Crippen LogP contribution in [0, 0.1) is 3.57 Å². The Morgan fingerprint density at radius 1 is 1.57 bits per heavy atom. The van der Waals surface area contributed by atoms with Crippen LogP contribution in [0.2, 0.25) is 0 Å². The molecule has 1 N–H and O–H groups in total. The van der Waals surface area contributed by atoms with Gasteiger partial charge in [0.1, 0.15) is 5.76 Å². The minimum absolute atomic E-state index is 0.0876. The number of esters is 1. The summed E-state index contributed by atoms with van der Waals surface area (Å²) in [6.07, 6.45) is 1.05. The molecule has 0 bridgehead atoms. The highest BCUT2D eigenvalue weighted by molar-refractivity contribution is 14.1. The van der Waals surface area contributed by atoms with Crippen LogP contribution in [0.1, 0.15) is 5.56 Å². The maximum atomic E-state index is 10.8. The zero-order chi connectivity index (χ0) is 10.6. The Morgan fingerprint density at radius 3 is 2.86 bits per heavy atom. The number of benzene rings is 1. The summed E-state index contributed by atoms with van der Waals surface area (Å²) in [5.41, 5.74) is 0.599. The Hall–Kier alpha value is -1.04. The van der Waals surface area contributed by atoms with Gasteiger partial charge in [-0.1, -0.05) is 12.1 Å². The Kier molecular flexibility index (Phi) is 3.94. The van der Waals surface area contributed by atoms with Crippen molar-refractivity contribution < 1.29 is 14.6 Å². The number of hydrogen-bond acceptors (Lipinski definition) is 3. The Bertz CT molecular complexity index is 371. The lowest BCUT2D eigenvalue weighted by Crippen LogP contribution is -1.96. The van der Waals surface area contributed by atoms with E-state index in [0.29, 0.717) is 5.56 Å². The third-order valence-electron chi connectivity index (χ3n) is 1.58. The predicted octanol–water partition coefficient (Wildman–Crippen LogP) is 2.36. The van der Waals surface area contributed by atoms with E-state index in [1.807, 2.05) is 6.07 Å². The maximum Gasteiger partial charge on any atom is 0.334 e. The Balaban J connectivity index is 2.94. The zero-order valence-corrected chi connectivity index (χ0v) is 9.69. The predicted molar refractivity (Wildman–Crippen MR) is 61.8 cm³/mol. The molecule has 0 amide bonds. The lowest BCUT2D eigenvalue weighted by atomic mass is 10.2. The molecule has 1 aromatic carbocycles. The molecule has 0 saturated heterocycles. The highest BCUT2D eigenvalue weighted by atomic mass is 127. The van der Waals surface area contributed by atoms with Crippen LogP contribution >= 0.6 is 22.6 Å². The number of carbonyl (C=O) groups is 1. The molecule has 0 aliphatic heterocycles. The standard InChI is InChI=1S/C10H9IO3/c1-14-10(13)6-9(12)7-3-2-4-8(11)5-7/h2-6,12H,1H3. The molecule has 0 aliphatic carbocycles. The summed E-state index contributed by atoms with van der Waals surface area (Å²) in [5, 5.41) is 9.50. The number of aliphatic hydroxyl groups excluding tert-OH is 1. The second-order valence-corrected chi connectivity index (χ2v) is 3.81. The summed E-state index contributed by atoms with van der Waals surface area (Å²) in [7, 11) is 1.26. The van der Waals surface area contributed by atoms with Gasteiger partial charge in [-0.2, -0.15) is 0 Å². The first-order valence-electron chi connectivity index (χ1n) is 3.88. The van der Waals surface area contributed by atoms with Crippen LogP contribution in [0.4, 0.5) is 0 Å². The van der Waals surface area contributed by atoms with Crippen LogP contribution in [-0.2, 0) is 9.53 Å². The molecule has 0 saturated carbocycles. The van der Waals surface area contributed by atoms with Crippen LogP contribution in [-0.4, -0.2) is 18.2 Å². The molecule has 4 heteroatoms. The fraction of sp³-hybridized carbons (Fsp3) is 0.100. The van der Waals surface area contributed by atoms with E-state index >= 15 is 0 Å². The highest BCUT2D eigenvalue weighted by Crippen LogP contribution is 2.14. The van der Waals surface area contributed by atoms with Crippen LogP contribution in [0.25, 0.3) is 5.76 Å². The average Bonchev–Trinajstić information content (AvgIpc) is 2.17. The smallest absolute Gasteiger partial charge is 0.334 e. The molecule has 0 aromatic heterocycles. The molecule has 0 radical (unpaired) electrons. The van der Waals surface area contributed by atoms with Gasteiger partial charge in [-0.15, -0.1) is 0 Å². The molecule has 0 atom stereocenters. The van der Waals surface area contributed by atoms with Crippen molar-refractivity contribution in [3.05, 3.63) is 39.5 Å². The quantitative estimate of drug-likeness (QED) is 0.395. The third-order valence-corrected chi connectivity index (χ3v) is 2.25. The third kappa shape index (κ3) is 3.02. The van der Waals surface area contributed by atoms with E-state index in [1.54, 1.807) is 18.2 Å². The normalized spacial score (nSPS) is 11.1. The summed E-state index contributed by atoms with van der Waals surface area (Å²) in [4.78, 5) is 10.8. The molecule has 0 fully saturated rings. The second-order valence-electron chi connectivity index (χ2n) is 2.56. The van der Waals surface area contributed by atoms with E-state index in [0.717, 1.165) is 9.65 Å². The van der Waals surface area contributed by atoms with Crippen LogP contribution in [0.5, 0.6) is 0 Å². The fourth-order valence-corrected chi connectivity index (χ4v) is 1.44. The van der Waals surface area contributed by atoms with Gasteiger partial charge >= 0.3 is 5.97 Å². The van der Waals surface area contributed by atoms with Crippen molar-refractivity contribution >= 4 is 34.3 Å². The number of aliphatic hydroxyl groups is 1. The van der Waals surface area contributed by atoms with Crippen LogP contribution in [0.3, 0.4) is 0 Å². The monoisotopic (exact) mass is 304 g/mol. The van der Waals surface area contributed by atoms with Crippen LogP contribution < -0.4 is 0 Å². The Morgan fingerprint density at radius 2 is 2.29 bits per heavy atom. The summed E-state index contributed by atoms with van der Waals surface area (Å²) in [6.45, 7) is 0. The second kappa shape index (κ2) is 4.99. The van der Waals surface area contributed by atoms with Crippen molar-refractivity contribution in [3.8, 4) is 0 Å². The van der Waals surface area contributed by atoms with Crippen molar-refractivity contribution in [2.24, 2.45) is 0 Å². The van der Waals surface area contributed by atoms with Gasteiger partial charge < -0.3 is 9.84 Å². The number of methoxy groups -OCH3 is 1. The van der Waals surface area contributed by atoms with Gasteiger partial charge in [-0.05, 0) is 34.7 Å². The first-order chi connectivity index (χ1) is 6.63. The average molecular weight is 304 g/mol. The molecule has 3 nitrogen and oxygen atoms in total. The van der Waals surface area contributed by atoms with Gasteiger partial charge in [-0.25, -0.2) is 4.79 Å². The number of ether oxygens (including phenoxy) is 1. The summed E-state index contributed by atoms with van der Waals surface area (Å²) in [6, 6.07) is 7.19. The first kappa shape index (κ1) is 11.0. The van der Waals surface area contributed by atoms with E-state index < -0.39 is 5.97 Å². The first-order valence-corrected chi connectivity index (χ1v) is 4.96. The highest BCUT2D eigenvalue weighted by Gasteiger charge is 2.02. The molecule has 0 aliphatic rings. The van der Waals surface area contributed by atoms with Gasteiger partial charge in [0.15, 0.2) is 0 Å². The lowest BCUT2D eigenvalue weighted by molar-refractivity contribution is -0.134. The van der Waals surface area contributed by atoms with E-state index in [9.17, 15) is 9.90 Å². The van der Waals surface area contributed by atoms with Gasteiger partial charge in [0, 0.05) is 9.13 Å². The number of halogens is 1. The van der Waals surface area contributed by atoms with E-state index in [1.165, 1.54) is 7.11 Å². The topological polar surface area (TPSA) is 46.5 Å². The number of carbonyl (C=O) groups excluding carboxylic acids is 1. The zero-order valence-electron chi connectivity index (χ0n) is 7.53. The number of rotatable bonds is 2. The maximum absolute atomic E-state index is 10.8. The van der Waals surface area contributed by atoms with Crippen molar-refractivity contribution in [2.45, 2.75) is 0 Å². The summed E-state index contributed by atoms with van der Waals surface area (Å²) < 4.78 is 5.39. The fourth-order valence-electron chi connectivity index (χ4n) is 0.902. The molecular weight excluding hydrogens is 295 g/mol. The molecule has 0 heterocycles. The van der Waals surface area contributed by atoms with Crippen molar-refractivity contribution in [3.63, 3.8) is 0 Å². The Labute approximate surface area is 95.5 Å². The molecule has 1 rings (SSSR count). The van der Waals surface area contributed by atoms with Crippen LogP contribution in [0.15, 0.2) is 30.3 Å². The summed E-state index contributed by atoms with van der Waals surface area (Å²) >= 11 is 2.13. The van der Waals surface area contributed by atoms with Crippen molar-refractivity contribution in [1.29, 1.82) is 0 Å². The molecule has 1 aromatic rings. The van der Waals surface area contributed by atoms with Crippen molar-refractivity contribution in [2.75, 3.05) is 7.11 Å². The van der Waals surface area contributed by atoms with Gasteiger partial charge in [-0.3, -0.25) is 0 Å². The minimum atomic E-state index is -0.568. The molecular formula is C10H9IO3. The molecule has 74 valence electrons. The minimum Gasteiger partial charge on any atom is -0.507 e. The molecule has 14 heavy (non-hydrogen) atoms. The van der Waals surface area contributed by atoms with E-state index in [4.69, 9.17) is 0 Å². The van der Waals surface area contributed by atoms with Gasteiger partial charge in [0.25, 0.3) is 0 Å². The van der Waals surface area contributed by atoms with Gasteiger partial charge in [0.05, 0.1) is 13.2 Å².